The Hall–Kier alpha value is -4.84. The molecule has 0 aliphatic heterocycles. The minimum atomic E-state index is 0.0235. The van der Waals surface area contributed by atoms with Crippen molar-refractivity contribution in [3.8, 4) is 34.5 Å². The van der Waals surface area contributed by atoms with E-state index in [1.807, 2.05) is 12.2 Å². The van der Waals surface area contributed by atoms with Gasteiger partial charge in [0, 0.05) is 12.1 Å². The van der Waals surface area contributed by atoms with E-state index in [0.29, 0.717) is 11.1 Å². The molecule has 172 valence electrons. The van der Waals surface area contributed by atoms with Crippen molar-refractivity contribution in [2.75, 3.05) is 0 Å². The second kappa shape index (κ2) is 11.2. The first kappa shape index (κ1) is 23.8. The van der Waals surface area contributed by atoms with Crippen molar-refractivity contribution in [1.29, 1.82) is 0 Å². The van der Waals surface area contributed by atoms with Crippen LogP contribution in [0.4, 0.5) is 0 Å². The van der Waals surface area contributed by atoms with E-state index in [9.17, 15) is 20.4 Å². The lowest BCUT2D eigenvalue weighted by molar-refractivity contribution is 0.449. The summed E-state index contributed by atoms with van der Waals surface area (Å²) in [6.07, 6.45) is 7.19. The van der Waals surface area contributed by atoms with Crippen LogP contribution in [0.15, 0.2) is 84.9 Å². The Morgan fingerprint density at radius 1 is 0.294 bits per heavy atom. The summed E-state index contributed by atoms with van der Waals surface area (Å²) in [6, 6.07) is 22.2. The maximum Gasteiger partial charge on any atom is 0.119 e. The van der Waals surface area contributed by atoms with Crippen molar-refractivity contribution >= 4 is 24.3 Å². The monoisotopic (exact) mass is 456 g/mol. The lowest BCUT2D eigenvalue weighted by atomic mass is 10.1. The average molecular weight is 456 g/mol. The SMILES string of the molecule is Oc1ccc(/C=C/c2cc(O)cc(O)c2)cc1.Oc1ccc(/C=C\c2cc(O)cc(O)c2)cc1. The van der Waals surface area contributed by atoms with Gasteiger partial charge in [0.15, 0.2) is 0 Å². The molecule has 0 aromatic heterocycles. The van der Waals surface area contributed by atoms with E-state index in [4.69, 9.17) is 10.2 Å². The van der Waals surface area contributed by atoms with Crippen LogP contribution in [0.2, 0.25) is 0 Å². The molecule has 4 aromatic rings. The Bertz CT molecular complexity index is 1150. The predicted octanol–water partition coefficient (Wildman–Crippen LogP) is 5.95. The Morgan fingerprint density at radius 3 is 0.853 bits per heavy atom. The topological polar surface area (TPSA) is 121 Å². The van der Waals surface area contributed by atoms with Crippen LogP contribution in [0.5, 0.6) is 34.5 Å². The molecule has 0 aliphatic carbocycles. The quantitative estimate of drug-likeness (QED) is 0.211. The molecule has 0 heterocycles. The van der Waals surface area contributed by atoms with Gasteiger partial charge < -0.3 is 30.6 Å². The van der Waals surface area contributed by atoms with E-state index >= 15 is 0 Å². The normalized spacial score (nSPS) is 10.8. The molecule has 0 unspecified atom stereocenters. The van der Waals surface area contributed by atoms with Crippen LogP contribution in [0.1, 0.15) is 22.3 Å². The van der Waals surface area contributed by atoms with Gasteiger partial charge in [0.05, 0.1) is 0 Å². The van der Waals surface area contributed by atoms with Gasteiger partial charge >= 0.3 is 0 Å². The van der Waals surface area contributed by atoms with E-state index < -0.39 is 0 Å². The molecule has 0 atom stereocenters. The first-order chi connectivity index (χ1) is 16.3. The number of phenolic OH excluding ortho intramolecular Hbond substituents is 6. The van der Waals surface area contributed by atoms with Gasteiger partial charge in [0.25, 0.3) is 0 Å². The molecule has 0 amide bonds. The van der Waals surface area contributed by atoms with Crippen molar-refractivity contribution in [3.63, 3.8) is 0 Å². The minimum absolute atomic E-state index is 0.0235. The van der Waals surface area contributed by atoms with Crippen LogP contribution in [-0.4, -0.2) is 30.6 Å². The van der Waals surface area contributed by atoms with Crippen LogP contribution in [0.3, 0.4) is 0 Å². The molecule has 0 spiro atoms. The van der Waals surface area contributed by atoms with Gasteiger partial charge in [-0.15, -0.1) is 0 Å². The van der Waals surface area contributed by atoms with Crippen molar-refractivity contribution in [2.24, 2.45) is 0 Å². The number of hydrogen-bond acceptors (Lipinski definition) is 6. The first-order valence-corrected chi connectivity index (χ1v) is 10.3. The molecule has 34 heavy (non-hydrogen) atoms. The largest absolute Gasteiger partial charge is 0.508 e. The molecular weight excluding hydrogens is 432 g/mol. The van der Waals surface area contributed by atoms with Crippen LogP contribution in [0, 0.1) is 0 Å². The number of aromatic hydroxyl groups is 6. The Kier molecular flexibility index (Phi) is 7.81. The summed E-state index contributed by atoms with van der Waals surface area (Å²) >= 11 is 0. The zero-order chi connectivity index (χ0) is 24.5. The molecule has 4 rings (SSSR count). The summed E-state index contributed by atoms with van der Waals surface area (Å²) in [7, 11) is 0. The van der Waals surface area contributed by atoms with Crippen molar-refractivity contribution in [1.82, 2.24) is 0 Å². The Morgan fingerprint density at radius 2 is 0.559 bits per heavy atom. The summed E-state index contributed by atoms with van der Waals surface area (Å²) in [6.45, 7) is 0. The Labute approximate surface area is 196 Å². The molecule has 6 heteroatoms. The molecule has 0 aliphatic rings. The summed E-state index contributed by atoms with van der Waals surface area (Å²) < 4.78 is 0. The minimum Gasteiger partial charge on any atom is -0.508 e. The summed E-state index contributed by atoms with van der Waals surface area (Å²) in [4.78, 5) is 0. The van der Waals surface area contributed by atoms with Crippen LogP contribution in [0.25, 0.3) is 24.3 Å². The molecule has 0 radical (unpaired) electrons. The van der Waals surface area contributed by atoms with Gasteiger partial charge in [-0.1, -0.05) is 48.6 Å². The molecule has 4 aromatic carbocycles. The van der Waals surface area contributed by atoms with Gasteiger partial charge in [-0.05, 0) is 70.8 Å². The number of hydrogen-bond donors (Lipinski definition) is 6. The smallest absolute Gasteiger partial charge is 0.119 e. The molecule has 0 saturated heterocycles. The average Bonchev–Trinajstić information content (AvgIpc) is 2.78. The summed E-state index contributed by atoms with van der Waals surface area (Å²) in [5, 5.41) is 55.5. The van der Waals surface area contributed by atoms with Gasteiger partial charge in [-0.3, -0.25) is 0 Å². The maximum atomic E-state index is 9.30. The number of benzene rings is 4. The zero-order valence-corrected chi connectivity index (χ0v) is 18.1. The highest BCUT2D eigenvalue weighted by molar-refractivity contribution is 5.72. The van der Waals surface area contributed by atoms with Crippen LogP contribution >= 0.6 is 0 Å². The summed E-state index contributed by atoms with van der Waals surface area (Å²) in [5.74, 6) is 0.533. The Balaban J connectivity index is 0.000000191. The van der Waals surface area contributed by atoms with Crippen LogP contribution < -0.4 is 0 Å². The first-order valence-electron chi connectivity index (χ1n) is 10.3. The van der Waals surface area contributed by atoms with E-state index in [1.54, 1.807) is 84.9 Å². The maximum absolute atomic E-state index is 9.30. The second-order valence-corrected chi connectivity index (χ2v) is 7.42. The van der Waals surface area contributed by atoms with E-state index in [-0.39, 0.29) is 34.5 Å². The third-order valence-electron chi connectivity index (χ3n) is 4.57. The second-order valence-electron chi connectivity index (χ2n) is 7.42. The highest BCUT2D eigenvalue weighted by Crippen LogP contribution is 2.23. The third kappa shape index (κ3) is 7.69. The standard InChI is InChI=1S/2C14H12O3/c2*15-12-5-3-10(4-6-12)1-2-11-7-13(16)9-14(17)8-11/h2*1-9,15-17H/b2-1+;2-1-. The zero-order valence-electron chi connectivity index (χ0n) is 18.1. The molecule has 6 nitrogen and oxygen atoms in total. The molecular formula is C28H24O6. The number of phenols is 6. The lowest BCUT2D eigenvalue weighted by Gasteiger charge is -1.98. The predicted molar refractivity (Wildman–Crippen MR) is 134 cm³/mol. The van der Waals surface area contributed by atoms with E-state index in [0.717, 1.165) is 11.1 Å². The third-order valence-corrected chi connectivity index (χ3v) is 4.57. The van der Waals surface area contributed by atoms with Crippen LogP contribution in [-0.2, 0) is 0 Å². The lowest BCUT2D eigenvalue weighted by Crippen LogP contribution is -1.74. The van der Waals surface area contributed by atoms with Crippen molar-refractivity contribution in [3.05, 3.63) is 107 Å². The van der Waals surface area contributed by atoms with Crippen molar-refractivity contribution in [2.45, 2.75) is 0 Å². The number of rotatable bonds is 4. The fraction of sp³-hybridized carbons (Fsp3) is 0. The highest BCUT2D eigenvalue weighted by Gasteiger charge is 1.97. The fourth-order valence-electron chi connectivity index (χ4n) is 2.98. The summed E-state index contributed by atoms with van der Waals surface area (Å²) in [5.41, 5.74) is 3.25. The van der Waals surface area contributed by atoms with Gasteiger partial charge in [0.1, 0.15) is 34.5 Å². The van der Waals surface area contributed by atoms with Gasteiger partial charge in [-0.2, -0.15) is 0 Å². The molecule has 6 N–H and O–H groups in total. The molecule has 0 fully saturated rings. The van der Waals surface area contributed by atoms with Gasteiger partial charge in [-0.25, -0.2) is 0 Å². The van der Waals surface area contributed by atoms with Crippen molar-refractivity contribution < 1.29 is 30.6 Å². The molecule has 0 bridgehead atoms. The van der Waals surface area contributed by atoms with E-state index in [1.165, 1.54) is 12.1 Å². The highest BCUT2D eigenvalue weighted by atomic mass is 16.3. The van der Waals surface area contributed by atoms with Gasteiger partial charge in [0.2, 0.25) is 0 Å². The fourth-order valence-corrected chi connectivity index (χ4v) is 2.98. The molecule has 0 saturated carbocycles. The van der Waals surface area contributed by atoms with E-state index in [2.05, 4.69) is 0 Å².